The van der Waals surface area contributed by atoms with Crippen LogP contribution in [0.5, 0.6) is 0 Å². The number of hydrogen-bond acceptors (Lipinski definition) is 6. The molecule has 25 heavy (non-hydrogen) atoms. The Labute approximate surface area is 144 Å². The summed E-state index contributed by atoms with van der Waals surface area (Å²) in [5.74, 6) is -0.440. The molecule has 8 heteroatoms. The van der Waals surface area contributed by atoms with E-state index in [4.69, 9.17) is 0 Å². The van der Waals surface area contributed by atoms with Crippen LogP contribution in [0.3, 0.4) is 0 Å². The molecule has 1 fully saturated rings. The van der Waals surface area contributed by atoms with Crippen molar-refractivity contribution in [2.45, 2.75) is 12.8 Å². The van der Waals surface area contributed by atoms with Crippen LogP contribution in [0.2, 0.25) is 0 Å². The number of nitro groups is 1. The normalized spacial score (nSPS) is 14.0. The highest BCUT2D eigenvalue weighted by Crippen LogP contribution is 2.27. The first kappa shape index (κ1) is 16.6. The van der Waals surface area contributed by atoms with Crippen LogP contribution in [0.1, 0.15) is 28.9 Å². The van der Waals surface area contributed by atoms with Gasteiger partial charge >= 0.3 is 0 Å². The first-order valence-electron chi connectivity index (χ1n) is 7.93. The van der Waals surface area contributed by atoms with E-state index in [1.54, 1.807) is 24.3 Å². The second kappa shape index (κ2) is 7.52. The van der Waals surface area contributed by atoms with Crippen LogP contribution in [0.25, 0.3) is 0 Å². The second-order valence-corrected chi connectivity index (χ2v) is 5.61. The van der Waals surface area contributed by atoms with Crippen LogP contribution in [0.15, 0.2) is 47.7 Å². The molecule has 1 aliphatic rings. The molecule has 2 heterocycles. The molecule has 0 spiro atoms. The maximum absolute atomic E-state index is 11.9. The SMILES string of the molecule is O=C(NN=Cc1cc([N+](=O)[O-])ccc1N1CCCC1)c1ccccn1. The van der Waals surface area contributed by atoms with Gasteiger partial charge in [-0.25, -0.2) is 5.43 Å². The molecule has 2 aromatic rings. The number of hydrazone groups is 1. The lowest BCUT2D eigenvalue weighted by molar-refractivity contribution is -0.384. The minimum Gasteiger partial charge on any atom is -0.371 e. The van der Waals surface area contributed by atoms with Gasteiger partial charge in [-0.2, -0.15) is 5.10 Å². The molecule has 0 aliphatic carbocycles. The monoisotopic (exact) mass is 339 g/mol. The fraction of sp³-hybridized carbons (Fsp3) is 0.235. The van der Waals surface area contributed by atoms with E-state index in [9.17, 15) is 14.9 Å². The summed E-state index contributed by atoms with van der Waals surface area (Å²) in [6.45, 7) is 1.80. The lowest BCUT2D eigenvalue weighted by Gasteiger charge is -2.19. The van der Waals surface area contributed by atoms with Crippen LogP contribution in [-0.2, 0) is 0 Å². The maximum atomic E-state index is 11.9. The van der Waals surface area contributed by atoms with Crippen molar-refractivity contribution >= 4 is 23.5 Å². The summed E-state index contributed by atoms with van der Waals surface area (Å²) in [5.41, 5.74) is 4.10. The topological polar surface area (TPSA) is 101 Å². The zero-order valence-corrected chi connectivity index (χ0v) is 13.5. The molecule has 1 aromatic carbocycles. The van der Waals surface area contributed by atoms with Gasteiger partial charge in [-0.1, -0.05) is 6.07 Å². The van der Waals surface area contributed by atoms with Crippen LogP contribution in [-0.4, -0.2) is 35.1 Å². The minimum absolute atomic E-state index is 0.0135. The Balaban J connectivity index is 1.80. The molecule has 1 saturated heterocycles. The van der Waals surface area contributed by atoms with Crippen LogP contribution < -0.4 is 10.3 Å². The zero-order valence-electron chi connectivity index (χ0n) is 13.5. The van der Waals surface area contributed by atoms with Gasteiger partial charge < -0.3 is 4.90 Å². The second-order valence-electron chi connectivity index (χ2n) is 5.61. The zero-order chi connectivity index (χ0) is 17.6. The Hall–Kier alpha value is -3.29. The summed E-state index contributed by atoms with van der Waals surface area (Å²) in [6, 6.07) is 9.67. The third-order valence-corrected chi connectivity index (χ3v) is 3.94. The van der Waals surface area contributed by atoms with Gasteiger partial charge in [0.2, 0.25) is 0 Å². The number of amides is 1. The molecule has 1 aliphatic heterocycles. The summed E-state index contributed by atoms with van der Waals surface area (Å²) in [5, 5.41) is 15.0. The van der Waals surface area contributed by atoms with E-state index in [1.165, 1.54) is 24.5 Å². The Morgan fingerprint density at radius 1 is 1.28 bits per heavy atom. The number of anilines is 1. The van der Waals surface area contributed by atoms with Crippen molar-refractivity contribution < 1.29 is 9.72 Å². The van der Waals surface area contributed by atoms with Crippen molar-refractivity contribution in [3.8, 4) is 0 Å². The van der Waals surface area contributed by atoms with Crippen molar-refractivity contribution in [2.75, 3.05) is 18.0 Å². The van der Waals surface area contributed by atoms with Crippen molar-refractivity contribution in [1.82, 2.24) is 10.4 Å². The number of carbonyl (C=O) groups excluding carboxylic acids is 1. The Bertz CT molecular complexity index is 801. The standard InChI is InChI=1S/C17H17N5O3/c23-17(15-5-1-2-8-18-15)20-19-12-13-11-14(22(24)25)6-7-16(13)21-9-3-4-10-21/h1-2,5-8,11-12H,3-4,9-10H2,(H,20,23). The molecule has 0 radical (unpaired) electrons. The van der Waals surface area contributed by atoms with Crippen LogP contribution in [0.4, 0.5) is 11.4 Å². The first-order chi connectivity index (χ1) is 12.1. The van der Waals surface area contributed by atoms with Crippen molar-refractivity contribution in [2.24, 2.45) is 5.10 Å². The third-order valence-electron chi connectivity index (χ3n) is 3.94. The number of nitro benzene ring substituents is 1. The summed E-state index contributed by atoms with van der Waals surface area (Å²) in [6.07, 6.45) is 5.13. The van der Waals surface area contributed by atoms with Gasteiger partial charge in [0.15, 0.2) is 0 Å². The van der Waals surface area contributed by atoms with E-state index in [-0.39, 0.29) is 11.4 Å². The largest absolute Gasteiger partial charge is 0.371 e. The Morgan fingerprint density at radius 2 is 2.08 bits per heavy atom. The molecule has 0 unspecified atom stereocenters. The molecule has 8 nitrogen and oxygen atoms in total. The number of nitrogens with one attached hydrogen (secondary N) is 1. The van der Waals surface area contributed by atoms with Gasteiger partial charge in [0.1, 0.15) is 5.69 Å². The summed E-state index contributed by atoms with van der Waals surface area (Å²) < 4.78 is 0. The maximum Gasteiger partial charge on any atom is 0.289 e. The minimum atomic E-state index is -0.447. The van der Waals surface area contributed by atoms with Crippen LogP contribution in [0, 0.1) is 10.1 Å². The molecule has 0 saturated carbocycles. The van der Waals surface area contributed by atoms with E-state index < -0.39 is 10.8 Å². The third kappa shape index (κ3) is 3.97. The molecule has 0 atom stereocenters. The number of hydrogen-bond donors (Lipinski definition) is 1. The highest BCUT2D eigenvalue weighted by atomic mass is 16.6. The van der Waals surface area contributed by atoms with Gasteiger partial charge in [-0.3, -0.25) is 19.9 Å². The molecule has 1 aromatic heterocycles. The summed E-state index contributed by atoms with van der Waals surface area (Å²) in [4.78, 5) is 28.6. The average molecular weight is 339 g/mol. The van der Waals surface area contributed by atoms with Gasteiger partial charge in [0, 0.05) is 42.7 Å². The van der Waals surface area contributed by atoms with E-state index in [1.807, 2.05) is 0 Å². The van der Waals surface area contributed by atoms with Crippen molar-refractivity contribution in [3.63, 3.8) is 0 Å². The number of benzene rings is 1. The van der Waals surface area contributed by atoms with Gasteiger partial charge in [0.25, 0.3) is 11.6 Å². The molecule has 128 valence electrons. The Kier molecular flexibility index (Phi) is 4.98. The predicted octanol–water partition coefficient (Wildman–Crippen LogP) is 2.35. The lowest BCUT2D eigenvalue weighted by Crippen LogP contribution is -2.21. The number of non-ortho nitro benzene ring substituents is 1. The van der Waals surface area contributed by atoms with Gasteiger partial charge in [-0.15, -0.1) is 0 Å². The van der Waals surface area contributed by atoms with Gasteiger partial charge in [0.05, 0.1) is 11.1 Å². The average Bonchev–Trinajstić information content (AvgIpc) is 3.16. The van der Waals surface area contributed by atoms with E-state index in [0.717, 1.165) is 31.6 Å². The fourth-order valence-corrected chi connectivity index (χ4v) is 2.72. The van der Waals surface area contributed by atoms with E-state index in [0.29, 0.717) is 5.56 Å². The number of aromatic nitrogens is 1. The molecular formula is C17H17N5O3. The molecular weight excluding hydrogens is 322 g/mol. The molecule has 1 amide bonds. The lowest BCUT2D eigenvalue weighted by atomic mass is 10.1. The predicted molar refractivity (Wildman–Crippen MR) is 93.8 cm³/mol. The molecule has 0 bridgehead atoms. The quantitative estimate of drug-likeness (QED) is 0.512. The first-order valence-corrected chi connectivity index (χ1v) is 7.93. The molecule has 1 N–H and O–H groups in total. The van der Waals surface area contributed by atoms with Crippen molar-refractivity contribution in [3.05, 3.63) is 64.0 Å². The Morgan fingerprint density at radius 3 is 2.76 bits per heavy atom. The number of rotatable bonds is 5. The van der Waals surface area contributed by atoms with Crippen molar-refractivity contribution in [1.29, 1.82) is 0 Å². The smallest absolute Gasteiger partial charge is 0.289 e. The number of pyridine rings is 1. The summed E-state index contributed by atoms with van der Waals surface area (Å²) in [7, 11) is 0. The highest BCUT2D eigenvalue weighted by Gasteiger charge is 2.18. The number of nitrogens with zero attached hydrogens (tertiary/aromatic N) is 4. The summed E-state index contributed by atoms with van der Waals surface area (Å²) >= 11 is 0. The van der Waals surface area contributed by atoms with E-state index in [2.05, 4.69) is 20.4 Å². The van der Waals surface area contributed by atoms with Gasteiger partial charge in [-0.05, 0) is 31.0 Å². The van der Waals surface area contributed by atoms with Crippen LogP contribution >= 0.6 is 0 Å². The fourth-order valence-electron chi connectivity index (χ4n) is 2.72. The highest BCUT2D eigenvalue weighted by molar-refractivity contribution is 5.94. The van der Waals surface area contributed by atoms with E-state index >= 15 is 0 Å². The number of carbonyl (C=O) groups is 1. The molecule has 3 rings (SSSR count).